The fraction of sp³-hybridized carbons (Fsp3) is 0.250. The van der Waals surface area contributed by atoms with Crippen molar-refractivity contribution in [3.8, 4) is 11.5 Å². The SMILES string of the molecule is CCNC(=O)C(=O)N/N=C\c1cc(Br)c(O)c(OC)c1. The number of hydrogen-bond acceptors (Lipinski definition) is 5. The van der Waals surface area contributed by atoms with Gasteiger partial charge in [-0.3, -0.25) is 9.59 Å². The first-order valence-corrected chi connectivity index (χ1v) is 6.46. The summed E-state index contributed by atoms with van der Waals surface area (Å²) in [5.41, 5.74) is 2.66. The summed E-state index contributed by atoms with van der Waals surface area (Å²) in [5, 5.41) is 15.6. The van der Waals surface area contributed by atoms with E-state index in [1.165, 1.54) is 19.4 Å². The first-order chi connectivity index (χ1) is 9.49. The van der Waals surface area contributed by atoms with Gasteiger partial charge in [-0.2, -0.15) is 5.10 Å². The number of halogens is 1. The van der Waals surface area contributed by atoms with Gasteiger partial charge >= 0.3 is 11.8 Å². The molecule has 0 aliphatic rings. The molecular formula is C12H14BrN3O4. The number of carbonyl (C=O) groups excluding carboxylic acids is 2. The van der Waals surface area contributed by atoms with Gasteiger partial charge in [0, 0.05) is 6.54 Å². The molecule has 0 aliphatic carbocycles. The van der Waals surface area contributed by atoms with Crippen molar-refractivity contribution in [1.29, 1.82) is 0 Å². The van der Waals surface area contributed by atoms with Crippen LogP contribution in [-0.4, -0.2) is 36.8 Å². The van der Waals surface area contributed by atoms with Crippen molar-refractivity contribution in [3.05, 3.63) is 22.2 Å². The maximum absolute atomic E-state index is 11.3. The number of benzene rings is 1. The predicted molar refractivity (Wildman–Crippen MR) is 76.8 cm³/mol. The third-order valence-electron chi connectivity index (χ3n) is 2.19. The fourth-order valence-electron chi connectivity index (χ4n) is 1.28. The van der Waals surface area contributed by atoms with Crippen LogP contribution in [0.1, 0.15) is 12.5 Å². The summed E-state index contributed by atoms with van der Waals surface area (Å²) in [7, 11) is 1.42. The van der Waals surface area contributed by atoms with Crippen molar-refractivity contribution in [2.45, 2.75) is 6.92 Å². The maximum Gasteiger partial charge on any atom is 0.329 e. The van der Waals surface area contributed by atoms with Gasteiger partial charge in [-0.15, -0.1) is 0 Å². The zero-order chi connectivity index (χ0) is 15.1. The molecule has 0 unspecified atom stereocenters. The Morgan fingerprint density at radius 3 is 2.75 bits per heavy atom. The standard InChI is InChI=1S/C12H14BrN3O4/c1-3-14-11(18)12(19)16-15-6-7-4-8(13)10(17)9(5-7)20-2/h4-6,17H,3H2,1-2H3,(H,14,18)(H,16,19)/b15-6-. The summed E-state index contributed by atoms with van der Waals surface area (Å²) < 4.78 is 5.40. The molecule has 0 heterocycles. The van der Waals surface area contributed by atoms with E-state index in [4.69, 9.17) is 4.74 Å². The molecule has 1 rings (SSSR count). The highest BCUT2D eigenvalue weighted by atomic mass is 79.9. The zero-order valence-electron chi connectivity index (χ0n) is 10.9. The van der Waals surface area contributed by atoms with E-state index in [9.17, 15) is 14.7 Å². The van der Waals surface area contributed by atoms with E-state index in [0.29, 0.717) is 16.6 Å². The highest BCUT2D eigenvalue weighted by molar-refractivity contribution is 9.10. The zero-order valence-corrected chi connectivity index (χ0v) is 12.5. The van der Waals surface area contributed by atoms with Crippen molar-refractivity contribution in [2.75, 3.05) is 13.7 Å². The average Bonchev–Trinajstić information content (AvgIpc) is 2.42. The van der Waals surface area contributed by atoms with Gasteiger partial charge in [0.25, 0.3) is 0 Å². The first kappa shape index (κ1) is 16.0. The molecule has 0 saturated heterocycles. The number of phenols is 1. The molecular weight excluding hydrogens is 330 g/mol. The smallest absolute Gasteiger partial charge is 0.329 e. The number of carbonyl (C=O) groups is 2. The van der Waals surface area contributed by atoms with E-state index < -0.39 is 11.8 Å². The third-order valence-corrected chi connectivity index (χ3v) is 2.80. The highest BCUT2D eigenvalue weighted by Crippen LogP contribution is 2.34. The number of amides is 2. The molecule has 0 aliphatic heterocycles. The lowest BCUT2D eigenvalue weighted by molar-refractivity contribution is -0.139. The van der Waals surface area contributed by atoms with E-state index in [2.05, 4.69) is 31.8 Å². The summed E-state index contributed by atoms with van der Waals surface area (Å²) in [5.74, 6) is -1.38. The van der Waals surface area contributed by atoms with E-state index >= 15 is 0 Å². The van der Waals surface area contributed by atoms with Crippen molar-refractivity contribution in [3.63, 3.8) is 0 Å². The number of nitrogens with zero attached hydrogens (tertiary/aromatic N) is 1. The number of rotatable bonds is 4. The van der Waals surface area contributed by atoms with Crippen molar-refractivity contribution in [2.24, 2.45) is 5.10 Å². The van der Waals surface area contributed by atoms with Gasteiger partial charge in [-0.05, 0) is 40.5 Å². The van der Waals surface area contributed by atoms with Gasteiger partial charge < -0.3 is 15.2 Å². The number of methoxy groups -OCH3 is 1. The van der Waals surface area contributed by atoms with Gasteiger partial charge in [0.15, 0.2) is 11.5 Å². The monoisotopic (exact) mass is 343 g/mol. The van der Waals surface area contributed by atoms with Gasteiger partial charge in [-0.25, -0.2) is 5.43 Å². The Labute approximate surface area is 124 Å². The average molecular weight is 344 g/mol. The minimum Gasteiger partial charge on any atom is -0.503 e. The minimum absolute atomic E-state index is 0.0315. The Kier molecular flexibility index (Phi) is 5.98. The Hall–Kier alpha value is -2.09. The van der Waals surface area contributed by atoms with Crippen LogP contribution in [0.25, 0.3) is 0 Å². The maximum atomic E-state index is 11.3. The summed E-state index contributed by atoms with van der Waals surface area (Å²) in [6, 6.07) is 3.11. The molecule has 7 nitrogen and oxygen atoms in total. The first-order valence-electron chi connectivity index (χ1n) is 5.67. The molecule has 0 aromatic heterocycles. The molecule has 2 amide bonds. The van der Waals surface area contributed by atoms with E-state index in [0.717, 1.165) is 0 Å². The molecule has 108 valence electrons. The van der Waals surface area contributed by atoms with E-state index in [1.54, 1.807) is 13.0 Å². The van der Waals surface area contributed by atoms with Crippen LogP contribution in [0.3, 0.4) is 0 Å². The van der Waals surface area contributed by atoms with E-state index in [-0.39, 0.29) is 11.5 Å². The normalized spacial score (nSPS) is 10.3. The lowest BCUT2D eigenvalue weighted by atomic mass is 10.2. The molecule has 0 fully saturated rings. The van der Waals surface area contributed by atoms with Crippen LogP contribution in [0.15, 0.2) is 21.7 Å². The largest absolute Gasteiger partial charge is 0.503 e. The number of ether oxygens (including phenoxy) is 1. The Morgan fingerprint density at radius 2 is 2.15 bits per heavy atom. The van der Waals surface area contributed by atoms with Crippen LogP contribution in [-0.2, 0) is 9.59 Å². The van der Waals surface area contributed by atoms with Gasteiger partial charge in [-0.1, -0.05) is 0 Å². The topological polar surface area (TPSA) is 100 Å². The second kappa shape index (κ2) is 7.49. The number of aromatic hydroxyl groups is 1. The van der Waals surface area contributed by atoms with Crippen LogP contribution >= 0.6 is 15.9 Å². The van der Waals surface area contributed by atoms with Crippen molar-refractivity contribution in [1.82, 2.24) is 10.7 Å². The van der Waals surface area contributed by atoms with Crippen molar-refractivity contribution < 1.29 is 19.4 Å². The van der Waals surface area contributed by atoms with Gasteiger partial charge in [0.2, 0.25) is 0 Å². The summed E-state index contributed by atoms with van der Waals surface area (Å²) in [6.45, 7) is 2.06. The Balaban J connectivity index is 2.74. The molecule has 1 aromatic rings. The lowest BCUT2D eigenvalue weighted by Gasteiger charge is -2.06. The molecule has 1 aromatic carbocycles. The summed E-state index contributed by atoms with van der Waals surface area (Å²) in [6.07, 6.45) is 1.32. The lowest BCUT2D eigenvalue weighted by Crippen LogP contribution is -2.37. The summed E-state index contributed by atoms with van der Waals surface area (Å²) >= 11 is 3.16. The molecule has 0 atom stereocenters. The highest BCUT2D eigenvalue weighted by Gasteiger charge is 2.11. The van der Waals surface area contributed by atoms with Gasteiger partial charge in [0.05, 0.1) is 17.8 Å². The number of phenolic OH excluding ortho intramolecular Hbond substituents is 1. The molecule has 0 saturated carbocycles. The van der Waals surface area contributed by atoms with Crippen LogP contribution in [0.4, 0.5) is 0 Å². The van der Waals surface area contributed by atoms with Gasteiger partial charge in [0.1, 0.15) is 0 Å². The van der Waals surface area contributed by atoms with Crippen LogP contribution < -0.4 is 15.5 Å². The molecule has 0 spiro atoms. The van der Waals surface area contributed by atoms with Crippen LogP contribution in [0.2, 0.25) is 0 Å². The second-order valence-corrected chi connectivity index (χ2v) is 4.47. The third kappa shape index (κ3) is 4.23. The summed E-state index contributed by atoms with van der Waals surface area (Å²) in [4.78, 5) is 22.4. The Morgan fingerprint density at radius 1 is 1.45 bits per heavy atom. The predicted octanol–water partition coefficient (Wildman–Crippen LogP) is 0.750. The van der Waals surface area contributed by atoms with Crippen molar-refractivity contribution >= 4 is 34.0 Å². The van der Waals surface area contributed by atoms with Crippen LogP contribution in [0.5, 0.6) is 11.5 Å². The number of hydrazone groups is 1. The molecule has 0 radical (unpaired) electrons. The molecule has 3 N–H and O–H groups in total. The quantitative estimate of drug-likeness (QED) is 0.426. The molecule has 8 heteroatoms. The minimum atomic E-state index is -0.854. The van der Waals surface area contributed by atoms with E-state index in [1.807, 2.05) is 0 Å². The number of nitrogens with one attached hydrogen (secondary N) is 2. The number of hydrogen-bond donors (Lipinski definition) is 3. The molecule has 0 bridgehead atoms. The second-order valence-electron chi connectivity index (χ2n) is 3.61. The van der Waals surface area contributed by atoms with Crippen LogP contribution in [0, 0.1) is 0 Å². The Bertz CT molecular complexity index is 546. The number of likely N-dealkylation sites (N-methyl/N-ethyl adjacent to an activating group) is 1. The fourth-order valence-corrected chi connectivity index (χ4v) is 1.74. The molecule has 20 heavy (non-hydrogen) atoms.